The summed E-state index contributed by atoms with van der Waals surface area (Å²) in [7, 11) is -1.02. The normalized spacial score (nSPS) is 18.3. The van der Waals surface area contributed by atoms with E-state index < -0.39 is 41.8 Å². The molecule has 1 amide bonds. The number of ether oxygens (including phenoxy) is 2. The molecule has 10 heteroatoms. The summed E-state index contributed by atoms with van der Waals surface area (Å²) >= 11 is 0. The van der Waals surface area contributed by atoms with Crippen LogP contribution in [0.25, 0.3) is 0 Å². The van der Waals surface area contributed by atoms with Gasteiger partial charge in [0.05, 0.1) is 23.3 Å². The van der Waals surface area contributed by atoms with Crippen molar-refractivity contribution in [2.75, 3.05) is 13.2 Å². The number of hydrogen-bond donors (Lipinski definition) is 1. The third kappa shape index (κ3) is 6.04. The molecule has 0 atom stereocenters. The first kappa shape index (κ1) is 24.3. The van der Waals surface area contributed by atoms with Crippen LogP contribution in [-0.4, -0.2) is 43.2 Å². The van der Waals surface area contributed by atoms with E-state index in [0.29, 0.717) is 0 Å². The standard InChI is InChI=1S/C20H29BF3NO5/c1-17(2,3)28-16(26)25-10-11-27-15-9-8-13(20(22,23)24)12-14(15)21-29-18(4,5)19(6,7)30-21/h8-9,12H,10-11H2,1-7H3,(H,25,26). The zero-order valence-corrected chi connectivity index (χ0v) is 18.4. The summed E-state index contributed by atoms with van der Waals surface area (Å²) in [6.45, 7) is 12.6. The molecule has 1 aromatic carbocycles. The highest BCUT2D eigenvalue weighted by molar-refractivity contribution is 6.63. The molecule has 1 N–H and O–H groups in total. The van der Waals surface area contributed by atoms with Gasteiger partial charge in [-0.05, 0) is 66.7 Å². The lowest BCUT2D eigenvalue weighted by Crippen LogP contribution is -2.41. The Kier molecular flexibility index (Phi) is 6.73. The number of halogens is 3. The fraction of sp³-hybridized carbons (Fsp3) is 0.650. The van der Waals surface area contributed by atoms with E-state index in [2.05, 4.69) is 5.32 Å². The fourth-order valence-corrected chi connectivity index (χ4v) is 2.64. The van der Waals surface area contributed by atoms with Crippen molar-refractivity contribution in [3.63, 3.8) is 0 Å². The average Bonchev–Trinajstić information content (AvgIpc) is 2.77. The fourth-order valence-electron chi connectivity index (χ4n) is 2.64. The number of carbonyl (C=O) groups excluding carboxylic acids is 1. The highest BCUT2D eigenvalue weighted by Gasteiger charge is 2.52. The molecule has 2 rings (SSSR count). The molecule has 1 aromatic rings. The maximum absolute atomic E-state index is 13.2. The molecule has 1 saturated heterocycles. The van der Waals surface area contributed by atoms with E-state index in [0.717, 1.165) is 12.1 Å². The number of benzene rings is 1. The van der Waals surface area contributed by atoms with Crippen LogP contribution in [0.1, 0.15) is 54.0 Å². The molecule has 0 saturated carbocycles. The molecule has 168 valence electrons. The van der Waals surface area contributed by atoms with Gasteiger partial charge >= 0.3 is 19.4 Å². The molecule has 0 aromatic heterocycles. The highest BCUT2D eigenvalue weighted by atomic mass is 19.4. The second kappa shape index (κ2) is 8.30. The van der Waals surface area contributed by atoms with Gasteiger partial charge in [-0.3, -0.25) is 0 Å². The van der Waals surface area contributed by atoms with E-state index in [1.807, 2.05) is 27.7 Å². The van der Waals surface area contributed by atoms with Gasteiger partial charge in [0, 0.05) is 5.46 Å². The van der Waals surface area contributed by atoms with Crippen molar-refractivity contribution < 1.29 is 36.7 Å². The van der Waals surface area contributed by atoms with Crippen molar-refractivity contribution in [2.45, 2.75) is 71.4 Å². The molecular formula is C20H29BF3NO5. The van der Waals surface area contributed by atoms with Crippen molar-refractivity contribution in [1.29, 1.82) is 0 Å². The number of rotatable bonds is 5. The van der Waals surface area contributed by atoms with Gasteiger partial charge in [0.15, 0.2) is 0 Å². The SMILES string of the molecule is CC(C)(C)OC(=O)NCCOc1ccc(C(F)(F)F)cc1B1OC(C)(C)C(C)(C)O1. The van der Waals surface area contributed by atoms with Gasteiger partial charge in [-0.2, -0.15) is 13.2 Å². The van der Waals surface area contributed by atoms with Crippen LogP contribution < -0.4 is 15.5 Å². The van der Waals surface area contributed by atoms with Crippen molar-refractivity contribution in [2.24, 2.45) is 0 Å². The first-order valence-corrected chi connectivity index (χ1v) is 9.68. The summed E-state index contributed by atoms with van der Waals surface area (Å²) in [6.07, 6.45) is -5.13. The van der Waals surface area contributed by atoms with E-state index >= 15 is 0 Å². The second-order valence-electron chi connectivity index (χ2n) is 9.12. The minimum atomic E-state index is -4.52. The van der Waals surface area contributed by atoms with Gasteiger partial charge < -0.3 is 24.1 Å². The molecule has 1 aliphatic rings. The predicted molar refractivity (Wildman–Crippen MR) is 107 cm³/mol. The third-order valence-electron chi connectivity index (χ3n) is 4.87. The molecule has 0 bridgehead atoms. The van der Waals surface area contributed by atoms with Crippen LogP contribution in [-0.2, 0) is 20.2 Å². The Bertz CT molecular complexity index is 759. The summed E-state index contributed by atoms with van der Waals surface area (Å²) in [5, 5.41) is 2.53. The largest absolute Gasteiger partial charge is 0.498 e. The molecule has 1 aliphatic heterocycles. The Hall–Kier alpha value is -1.94. The molecule has 1 fully saturated rings. The number of nitrogens with one attached hydrogen (secondary N) is 1. The van der Waals surface area contributed by atoms with Gasteiger partial charge in [0.2, 0.25) is 0 Å². The summed E-state index contributed by atoms with van der Waals surface area (Å²) in [6, 6.07) is 3.14. The lowest BCUT2D eigenvalue weighted by atomic mass is 9.77. The van der Waals surface area contributed by atoms with E-state index in [1.165, 1.54) is 6.07 Å². The van der Waals surface area contributed by atoms with Crippen LogP contribution in [0.3, 0.4) is 0 Å². The predicted octanol–water partition coefficient (Wildman–Crippen LogP) is 3.91. The summed E-state index contributed by atoms with van der Waals surface area (Å²) < 4.78 is 62.3. The summed E-state index contributed by atoms with van der Waals surface area (Å²) in [4.78, 5) is 11.7. The molecule has 0 aliphatic carbocycles. The Labute approximate surface area is 175 Å². The van der Waals surface area contributed by atoms with Crippen LogP contribution in [0.5, 0.6) is 5.75 Å². The van der Waals surface area contributed by atoms with Gasteiger partial charge in [-0.1, -0.05) is 0 Å². The monoisotopic (exact) mass is 431 g/mol. The van der Waals surface area contributed by atoms with Crippen molar-refractivity contribution in [3.05, 3.63) is 23.8 Å². The molecule has 0 unspecified atom stereocenters. The van der Waals surface area contributed by atoms with E-state index in [4.69, 9.17) is 18.8 Å². The van der Waals surface area contributed by atoms with Gasteiger partial charge in [-0.15, -0.1) is 0 Å². The highest BCUT2D eigenvalue weighted by Crippen LogP contribution is 2.38. The maximum Gasteiger partial charge on any atom is 0.498 e. The Balaban J connectivity index is 2.15. The van der Waals surface area contributed by atoms with Crippen molar-refractivity contribution in [1.82, 2.24) is 5.32 Å². The van der Waals surface area contributed by atoms with E-state index in [-0.39, 0.29) is 24.4 Å². The number of alkyl carbamates (subject to hydrolysis) is 1. The third-order valence-corrected chi connectivity index (χ3v) is 4.87. The minimum absolute atomic E-state index is 0.0249. The first-order valence-electron chi connectivity index (χ1n) is 9.68. The van der Waals surface area contributed by atoms with Gasteiger partial charge in [0.1, 0.15) is 18.0 Å². The van der Waals surface area contributed by atoms with Crippen molar-refractivity contribution >= 4 is 18.7 Å². The lowest BCUT2D eigenvalue weighted by molar-refractivity contribution is -0.137. The van der Waals surface area contributed by atoms with E-state index in [1.54, 1.807) is 20.8 Å². The topological polar surface area (TPSA) is 66.0 Å². The summed E-state index contributed by atoms with van der Waals surface area (Å²) in [5.74, 6) is 0.187. The zero-order valence-electron chi connectivity index (χ0n) is 18.4. The van der Waals surface area contributed by atoms with Crippen LogP contribution in [0.15, 0.2) is 18.2 Å². The molecule has 0 spiro atoms. The van der Waals surface area contributed by atoms with Crippen LogP contribution in [0.2, 0.25) is 0 Å². The number of amides is 1. The van der Waals surface area contributed by atoms with Crippen LogP contribution in [0.4, 0.5) is 18.0 Å². The van der Waals surface area contributed by atoms with Crippen LogP contribution in [0, 0.1) is 0 Å². The maximum atomic E-state index is 13.2. The average molecular weight is 431 g/mol. The zero-order chi connectivity index (χ0) is 23.0. The Morgan fingerprint density at radius 3 is 2.17 bits per heavy atom. The Morgan fingerprint density at radius 2 is 1.67 bits per heavy atom. The molecule has 1 heterocycles. The molecule has 0 radical (unpaired) electrons. The Morgan fingerprint density at radius 1 is 1.10 bits per heavy atom. The number of carbonyl (C=O) groups is 1. The quantitative estimate of drug-likeness (QED) is 0.566. The summed E-state index contributed by atoms with van der Waals surface area (Å²) in [5.41, 5.74) is -2.77. The molecule has 6 nitrogen and oxygen atoms in total. The van der Waals surface area contributed by atoms with E-state index in [9.17, 15) is 18.0 Å². The molecule has 30 heavy (non-hydrogen) atoms. The first-order chi connectivity index (χ1) is 13.5. The number of alkyl halides is 3. The van der Waals surface area contributed by atoms with Crippen molar-refractivity contribution in [3.8, 4) is 5.75 Å². The minimum Gasteiger partial charge on any atom is -0.492 e. The smallest absolute Gasteiger partial charge is 0.492 e. The van der Waals surface area contributed by atoms with Gasteiger partial charge in [0.25, 0.3) is 0 Å². The number of hydrogen-bond acceptors (Lipinski definition) is 5. The molecular weight excluding hydrogens is 402 g/mol. The second-order valence-corrected chi connectivity index (χ2v) is 9.12. The lowest BCUT2D eigenvalue weighted by Gasteiger charge is -2.32. The van der Waals surface area contributed by atoms with Crippen LogP contribution >= 0.6 is 0 Å². The van der Waals surface area contributed by atoms with Gasteiger partial charge in [-0.25, -0.2) is 4.79 Å².